The molecule has 1 heterocycles. The van der Waals surface area contributed by atoms with Crippen molar-refractivity contribution in [3.05, 3.63) is 48.2 Å². The minimum absolute atomic E-state index is 0.0651. The van der Waals surface area contributed by atoms with Crippen LogP contribution in [0.3, 0.4) is 0 Å². The first kappa shape index (κ1) is 15.8. The maximum Gasteiger partial charge on any atom is 0.233 e. The van der Waals surface area contributed by atoms with E-state index in [2.05, 4.69) is 21.1 Å². The van der Waals surface area contributed by atoms with Gasteiger partial charge in [-0.05, 0) is 36.8 Å². The number of aromatic nitrogens is 1. The zero-order valence-corrected chi connectivity index (χ0v) is 12.9. The molecule has 1 aromatic heterocycles. The van der Waals surface area contributed by atoms with Gasteiger partial charge in [0.1, 0.15) is 5.82 Å². The number of hydrogen-bond donors (Lipinski definition) is 2. The minimum Gasteiger partial charge on any atom is -0.354 e. The lowest BCUT2D eigenvalue weighted by Gasteiger charge is -2.09. The molecule has 0 aliphatic carbocycles. The number of pyridine rings is 1. The molecule has 0 atom stereocenters. The third kappa shape index (κ3) is 4.46. The van der Waals surface area contributed by atoms with Gasteiger partial charge in [0, 0.05) is 5.69 Å². The van der Waals surface area contributed by atoms with Crippen molar-refractivity contribution in [1.29, 1.82) is 5.26 Å². The minimum atomic E-state index is -3.33. The van der Waals surface area contributed by atoms with Gasteiger partial charge >= 0.3 is 0 Å². The highest BCUT2D eigenvalue weighted by Crippen LogP contribution is 2.18. The second-order valence-corrected chi connectivity index (χ2v) is 6.51. The summed E-state index contributed by atoms with van der Waals surface area (Å²) in [4.78, 5) is 4.07. The third-order valence-electron chi connectivity index (χ3n) is 2.78. The fraction of sp³-hybridized carbons (Fsp3) is 0.200. The number of nitrogens with one attached hydrogen (secondary N) is 2. The molecule has 0 amide bonds. The van der Waals surface area contributed by atoms with Crippen LogP contribution in [0.5, 0.6) is 0 Å². The highest BCUT2D eigenvalue weighted by atomic mass is 32.2. The SMILES string of the molecule is CCCS(=O)(=O)Nc1ccc(Nc2cccc(C#N)c2)cn1. The molecule has 0 radical (unpaired) electrons. The maximum absolute atomic E-state index is 11.6. The van der Waals surface area contributed by atoms with Gasteiger partial charge < -0.3 is 5.32 Å². The van der Waals surface area contributed by atoms with Crippen LogP contribution in [-0.4, -0.2) is 19.2 Å². The summed E-state index contributed by atoms with van der Waals surface area (Å²) in [5.74, 6) is 0.347. The molecule has 0 fully saturated rings. The first-order valence-corrected chi connectivity index (χ1v) is 8.41. The molecular formula is C15H16N4O2S. The van der Waals surface area contributed by atoms with E-state index in [-0.39, 0.29) is 11.6 Å². The van der Waals surface area contributed by atoms with Crippen LogP contribution in [0.2, 0.25) is 0 Å². The van der Waals surface area contributed by atoms with Gasteiger partial charge in [-0.1, -0.05) is 13.0 Å². The molecule has 0 bridgehead atoms. The molecule has 0 saturated heterocycles. The summed E-state index contributed by atoms with van der Waals surface area (Å²) in [7, 11) is -3.33. The summed E-state index contributed by atoms with van der Waals surface area (Å²) in [5.41, 5.74) is 2.02. The van der Waals surface area contributed by atoms with Gasteiger partial charge in [0.05, 0.1) is 29.3 Å². The van der Waals surface area contributed by atoms with E-state index in [4.69, 9.17) is 5.26 Å². The summed E-state index contributed by atoms with van der Waals surface area (Å²) in [6, 6.07) is 12.4. The Balaban J connectivity index is 2.07. The average molecular weight is 316 g/mol. The van der Waals surface area contributed by atoms with Gasteiger partial charge in [0.2, 0.25) is 10.0 Å². The van der Waals surface area contributed by atoms with Crippen molar-refractivity contribution >= 4 is 27.2 Å². The van der Waals surface area contributed by atoms with E-state index in [1.54, 1.807) is 37.3 Å². The number of hydrogen-bond acceptors (Lipinski definition) is 5. The molecule has 0 saturated carbocycles. The van der Waals surface area contributed by atoms with Crippen LogP contribution in [0.4, 0.5) is 17.2 Å². The average Bonchev–Trinajstić information content (AvgIpc) is 2.49. The molecule has 0 unspecified atom stereocenters. The Labute approximate surface area is 129 Å². The Morgan fingerprint density at radius 3 is 2.68 bits per heavy atom. The summed E-state index contributed by atoms with van der Waals surface area (Å²) in [5, 5.41) is 12.0. The van der Waals surface area contributed by atoms with Crippen molar-refractivity contribution in [2.45, 2.75) is 13.3 Å². The van der Waals surface area contributed by atoms with E-state index < -0.39 is 10.0 Å². The quantitative estimate of drug-likeness (QED) is 0.854. The first-order valence-electron chi connectivity index (χ1n) is 6.76. The third-order valence-corrected chi connectivity index (χ3v) is 4.24. The number of nitriles is 1. The van der Waals surface area contributed by atoms with E-state index in [1.807, 2.05) is 6.07 Å². The second kappa shape index (κ2) is 6.91. The Morgan fingerprint density at radius 1 is 1.23 bits per heavy atom. The van der Waals surface area contributed by atoms with Crippen molar-refractivity contribution in [3.63, 3.8) is 0 Å². The van der Waals surface area contributed by atoms with E-state index in [0.29, 0.717) is 17.7 Å². The predicted octanol–water partition coefficient (Wildman–Crippen LogP) is 2.85. The van der Waals surface area contributed by atoms with E-state index in [9.17, 15) is 8.42 Å². The van der Waals surface area contributed by atoms with Gasteiger partial charge in [-0.3, -0.25) is 4.72 Å². The van der Waals surface area contributed by atoms with Crippen LogP contribution in [0.25, 0.3) is 0 Å². The van der Waals surface area contributed by atoms with Crippen LogP contribution in [0, 0.1) is 11.3 Å². The predicted molar refractivity (Wildman–Crippen MR) is 86.4 cm³/mol. The van der Waals surface area contributed by atoms with Crippen molar-refractivity contribution in [2.75, 3.05) is 15.8 Å². The zero-order valence-electron chi connectivity index (χ0n) is 12.1. The largest absolute Gasteiger partial charge is 0.354 e. The lowest BCUT2D eigenvalue weighted by atomic mass is 10.2. The number of rotatable bonds is 6. The first-order chi connectivity index (χ1) is 10.5. The summed E-state index contributed by atoms with van der Waals surface area (Å²) in [6.07, 6.45) is 2.08. The zero-order chi connectivity index (χ0) is 16.0. The van der Waals surface area contributed by atoms with Crippen molar-refractivity contribution in [1.82, 2.24) is 4.98 Å². The topological polar surface area (TPSA) is 94.9 Å². The lowest BCUT2D eigenvalue weighted by Crippen LogP contribution is -2.16. The fourth-order valence-corrected chi connectivity index (χ4v) is 2.92. The molecule has 0 spiro atoms. The normalized spacial score (nSPS) is 10.7. The molecule has 114 valence electrons. The van der Waals surface area contributed by atoms with E-state index >= 15 is 0 Å². The van der Waals surface area contributed by atoms with Gasteiger partial charge in [-0.25, -0.2) is 13.4 Å². The Bertz CT molecular complexity index is 780. The molecule has 6 nitrogen and oxygen atoms in total. The summed E-state index contributed by atoms with van der Waals surface area (Å²) >= 11 is 0. The van der Waals surface area contributed by atoms with E-state index in [0.717, 1.165) is 5.69 Å². The van der Waals surface area contributed by atoms with Crippen LogP contribution in [-0.2, 0) is 10.0 Å². The van der Waals surface area contributed by atoms with Gasteiger partial charge in [-0.2, -0.15) is 5.26 Å². The second-order valence-electron chi connectivity index (χ2n) is 4.67. The van der Waals surface area contributed by atoms with Gasteiger partial charge in [-0.15, -0.1) is 0 Å². The fourth-order valence-electron chi connectivity index (χ4n) is 1.84. The molecule has 7 heteroatoms. The summed E-state index contributed by atoms with van der Waals surface area (Å²) < 4.78 is 25.7. The highest BCUT2D eigenvalue weighted by molar-refractivity contribution is 7.92. The summed E-state index contributed by atoms with van der Waals surface area (Å²) in [6.45, 7) is 1.80. The number of benzene rings is 1. The molecule has 0 aliphatic heterocycles. The molecule has 1 aromatic carbocycles. The lowest BCUT2D eigenvalue weighted by molar-refractivity contribution is 0.599. The van der Waals surface area contributed by atoms with Gasteiger partial charge in [0.15, 0.2) is 0 Å². The van der Waals surface area contributed by atoms with Crippen LogP contribution in [0.15, 0.2) is 42.6 Å². The number of nitrogens with zero attached hydrogens (tertiary/aromatic N) is 2. The molecule has 2 aromatic rings. The number of sulfonamides is 1. The smallest absolute Gasteiger partial charge is 0.233 e. The van der Waals surface area contributed by atoms with Crippen LogP contribution >= 0.6 is 0 Å². The van der Waals surface area contributed by atoms with Crippen LogP contribution in [0.1, 0.15) is 18.9 Å². The Hall–Kier alpha value is -2.59. The number of anilines is 3. The Morgan fingerprint density at radius 2 is 2.05 bits per heavy atom. The maximum atomic E-state index is 11.6. The van der Waals surface area contributed by atoms with E-state index in [1.165, 1.54) is 6.20 Å². The van der Waals surface area contributed by atoms with Crippen molar-refractivity contribution in [2.24, 2.45) is 0 Å². The van der Waals surface area contributed by atoms with Crippen molar-refractivity contribution < 1.29 is 8.42 Å². The van der Waals surface area contributed by atoms with Crippen LogP contribution < -0.4 is 10.0 Å². The Kier molecular flexibility index (Phi) is 4.96. The molecule has 2 N–H and O–H groups in total. The highest BCUT2D eigenvalue weighted by Gasteiger charge is 2.09. The molecule has 22 heavy (non-hydrogen) atoms. The molecule has 2 rings (SSSR count). The standard InChI is InChI=1S/C15H16N4O2S/c1-2-8-22(20,21)19-15-7-6-14(11-17-15)18-13-5-3-4-12(9-13)10-16/h3-7,9,11,18H,2,8H2,1H3,(H,17,19). The van der Waals surface area contributed by atoms with Crippen molar-refractivity contribution in [3.8, 4) is 6.07 Å². The molecule has 0 aliphatic rings. The van der Waals surface area contributed by atoms with Gasteiger partial charge in [0.25, 0.3) is 0 Å². The monoisotopic (exact) mass is 316 g/mol. The molecular weight excluding hydrogens is 300 g/mol.